The quantitative estimate of drug-likeness (QED) is 0.533. The van der Waals surface area contributed by atoms with Crippen molar-refractivity contribution in [1.82, 2.24) is 0 Å². The van der Waals surface area contributed by atoms with E-state index in [9.17, 15) is 0 Å². The van der Waals surface area contributed by atoms with Crippen LogP contribution in [0.15, 0.2) is 0 Å². The summed E-state index contributed by atoms with van der Waals surface area (Å²) >= 11 is 0. The highest BCUT2D eigenvalue weighted by molar-refractivity contribution is 6.76. The molecule has 0 aliphatic carbocycles. The van der Waals surface area contributed by atoms with Crippen molar-refractivity contribution in [3.63, 3.8) is 0 Å². The minimum Gasteiger partial charge on any atom is -0.385 e. The third-order valence-electron chi connectivity index (χ3n) is 0.739. The summed E-state index contributed by atoms with van der Waals surface area (Å²) in [6.45, 7) is 9.83. The molecule has 0 bridgehead atoms. The van der Waals surface area contributed by atoms with Crippen molar-refractivity contribution in [2.45, 2.75) is 26.6 Å². The largest absolute Gasteiger partial charge is 0.385 e. The van der Waals surface area contributed by atoms with Crippen LogP contribution in [0.4, 0.5) is 0 Å². The molecule has 50 valence electrons. The Morgan fingerprint density at radius 3 is 1.88 bits per heavy atom. The molecule has 0 aliphatic heterocycles. The zero-order valence-corrected chi connectivity index (χ0v) is 7.32. The van der Waals surface area contributed by atoms with E-state index in [0.29, 0.717) is 0 Å². The lowest BCUT2D eigenvalue weighted by Crippen LogP contribution is -2.27. The van der Waals surface area contributed by atoms with E-state index in [1.165, 1.54) is 0 Å². The molecule has 0 N–H and O–H groups in total. The summed E-state index contributed by atoms with van der Waals surface area (Å²) in [5.41, 5.74) is 0. The Balaban J connectivity index is 3.11. The van der Waals surface area contributed by atoms with Gasteiger partial charge in [-0.3, -0.25) is 0 Å². The first kappa shape index (κ1) is 8.18. The van der Waals surface area contributed by atoms with E-state index in [2.05, 4.69) is 19.6 Å². The fourth-order valence-corrected chi connectivity index (χ4v) is 1.22. The number of rotatable bonds is 3. The Kier molecular flexibility index (Phi) is 3.32. The van der Waals surface area contributed by atoms with Crippen LogP contribution in [-0.4, -0.2) is 20.9 Å². The molecule has 1 nitrogen and oxygen atoms in total. The van der Waals surface area contributed by atoms with Gasteiger partial charge >= 0.3 is 0 Å². The van der Waals surface area contributed by atoms with Crippen molar-refractivity contribution in [3.8, 4) is 0 Å². The molecular weight excluding hydrogens is 116 g/mol. The Bertz CT molecular complexity index is 56.0. The first-order valence-corrected chi connectivity index (χ1v) is 6.85. The van der Waals surface area contributed by atoms with Crippen molar-refractivity contribution < 1.29 is 4.74 Å². The lowest BCUT2D eigenvalue weighted by Gasteiger charge is -2.13. The molecule has 0 rings (SSSR count). The maximum Gasteiger partial charge on any atom is 0.0746 e. The van der Waals surface area contributed by atoms with Crippen molar-refractivity contribution in [2.75, 3.05) is 12.8 Å². The summed E-state index contributed by atoms with van der Waals surface area (Å²) < 4.78 is 5.26. The second-order valence-corrected chi connectivity index (χ2v) is 8.61. The molecule has 0 aromatic heterocycles. The van der Waals surface area contributed by atoms with Gasteiger partial charge in [-0.1, -0.05) is 19.6 Å². The predicted octanol–water partition coefficient (Wildman–Crippen LogP) is 1.90. The van der Waals surface area contributed by atoms with Gasteiger partial charge in [0.05, 0.1) is 8.07 Å². The molecule has 0 amide bonds. The minimum absolute atomic E-state index is 0.865. The zero-order valence-electron chi connectivity index (χ0n) is 6.32. The maximum absolute atomic E-state index is 5.26. The summed E-state index contributed by atoms with van der Waals surface area (Å²) in [4.78, 5) is 0. The van der Waals surface area contributed by atoms with Crippen molar-refractivity contribution >= 4 is 8.07 Å². The minimum atomic E-state index is -0.900. The fourth-order valence-electron chi connectivity index (χ4n) is 0.408. The molecule has 8 heavy (non-hydrogen) atoms. The summed E-state index contributed by atoms with van der Waals surface area (Å²) in [6.07, 6.45) is 1.00. The first-order chi connectivity index (χ1) is 3.56. The molecule has 0 unspecified atom stereocenters. The van der Waals surface area contributed by atoms with Crippen LogP contribution in [0.1, 0.15) is 6.92 Å². The average Bonchev–Trinajstić information content (AvgIpc) is 1.59. The van der Waals surface area contributed by atoms with E-state index in [0.717, 1.165) is 12.8 Å². The first-order valence-electron chi connectivity index (χ1n) is 3.14. The zero-order chi connectivity index (χ0) is 6.62. The van der Waals surface area contributed by atoms with Gasteiger partial charge in [-0.05, 0) is 6.92 Å². The van der Waals surface area contributed by atoms with Crippen LogP contribution in [0.3, 0.4) is 0 Å². The molecule has 2 heteroatoms. The molecule has 0 heterocycles. The molecule has 0 radical (unpaired) electrons. The lowest BCUT2D eigenvalue weighted by atomic mass is 10.9. The highest BCUT2D eigenvalue weighted by Crippen LogP contribution is 1.99. The van der Waals surface area contributed by atoms with Gasteiger partial charge in [-0.15, -0.1) is 0 Å². The highest BCUT2D eigenvalue weighted by atomic mass is 28.3. The van der Waals surface area contributed by atoms with E-state index >= 15 is 0 Å². The van der Waals surface area contributed by atoms with Crippen molar-refractivity contribution in [2.24, 2.45) is 0 Å². The van der Waals surface area contributed by atoms with Gasteiger partial charge in [-0.25, -0.2) is 0 Å². The predicted molar refractivity (Wildman–Crippen MR) is 39.8 cm³/mol. The Morgan fingerprint density at radius 2 is 1.75 bits per heavy atom. The number of hydrogen-bond acceptors (Lipinski definition) is 1. The Morgan fingerprint density at radius 1 is 1.25 bits per heavy atom. The lowest BCUT2D eigenvalue weighted by molar-refractivity contribution is 0.189. The molecular formula is C6H16OSi. The Labute approximate surface area is 53.1 Å². The highest BCUT2D eigenvalue weighted by Gasteiger charge is 2.11. The maximum atomic E-state index is 5.26. The van der Waals surface area contributed by atoms with E-state index in [1.807, 2.05) is 6.92 Å². The van der Waals surface area contributed by atoms with Crippen LogP contribution in [0, 0.1) is 0 Å². The summed E-state index contributed by atoms with van der Waals surface area (Å²) in [5, 5.41) is 0. The van der Waals surface area contributed by atoms with Gasteiger partial charge < -0.3 is 4.74 Å². The Hall–Kier alpha value is 0.177. The van der Waals surface area contributed by atoms with Gasteiger partial charge in [-0.2, -0.15) is 0 Å². The summed E-state index contributed by atoms with van der Waals surface area (Å²) in [5.74, 6) is 0. The third-order valence-corrected chi connectivity index (χ3v) is 1.81. The second kappa shape index (κ2) is 3.25. The molecule has 0 atom stereocenters. The van der Waals surface area contributed by atoms with Gasteiger partial charge in [0.25, 0.3) is 0 Å². The molecule has 0 spiro atoms. The SMILES string of the molecule is CCOC[Si](C)(C)C. The van der Waals surface area contributed by atoms with E-state index < -0.39 is 8.07 Å². The number of ether oxygens (including phenoxy) is 1. The monoisotopic (exact) mass is 132 g/mol. The van der Waals surface area contributed by atoms with Crippen LogP contribution in [0.5, 0.6) is 0 Å². The second-order valence-electron chi connectivity index (χ2n) is 3.20. The summed E-state index contributed by atoms with van der Waals surface area (Å²) in [6, 6.07) is 0. The van der Waals surface area contributed by atoms with Gasteiger partial charge in [0.15, 0.2) is 0 Å². The molecule has 0 aliphatic rings. The van der Waals surface area contributed by atoms with Crippen LogP contribution >= 0.6 is 0 Å². The van der Waals surface area contributed by atoms with Crippen LogP contribution in [0.2, 0.25) is 19.6 Å². The van der Waals surface area contributed by atoms with Crippen molar-refractivity contribution in [3.05, 3.63) is 0 Å². The van der Waals surface area contributed by atoms with E-state index in [1.54, 1.807) is 0 Å². The van der Waals surface area contributed by atoms with Gasteiger partial charge in [0.1, 0.15) is 0 Å². The average molecular weight is 132 g/mol. The third kappa shape index (κ3) is 6.18. The smallest absolute Gasteiger partial charge is 0.0746 e. The van der Waals surface area contributed by atoms with Crippen LogP contribution in [-0.2, 0) is 4.74 Å². The van der Waals surface area contributed by atoms with Crippen LogP contribution in [0.25, 0.3) is 0 Å². The standard InChI is InChI=1S/C6H16OSi/c1-5-7-6-8(2,3)4/h5-6H2,1-4H3. The molecule has 0 aromatic carbocycles. The van der Waals surface area contributed by atoms with Crippen LogP contribution < -0.4 is 0 Å². The molecule has 0 saturated heterocycles. The number of hydrogen-bond donors (Lipinski definition) is 0. The normalized spacial score (nSPS) is 12.0. The molecule has 0 saturated carbocycles. The van der Waals surface area contributed by atoms with Crippen molar-refractivity contribution in [1.29, 1.82) is 0 Å². The topological polar surface area (TPSA) is 9.23 Å². The van der Waals surface area contributed by atoms with E-state index in [-0.39, 0.29) is 0 Å². The van der Waals surface area contributed by atoms with Gasteiger partial charge in [0.2, 0.25) is 0 Å². The van der Waals surface area contributed by atoms with Gasteiger partial charge in [0, 0.05) is 12.8 Å². The molecule has 0 fully saturated rings. The van der Waals surface area contributed by atoms with E-state index in [4.69, 9.17) is 4.74 Å². The molecule has 0 aromatic rings. The fraction of sp³-hybridized carbons (Fsp3) is 1.00. The summed E-state index contributed by atoms with van der Waals surface area (Å²) in [7, 11) is -0.900.